The molecular weight excluding hydrogens is 247 g/mol. The number of nitrogens with zero attached hydrogens (tertiary/aromatic N) is 4. The fourth-order valence-corrected chi connectivity index (χ4v) is 2.53. The quantitative estimate of drug-likeness (QED) is 0.832. The molecule has 2 aromatic rings. The highest BCUT2D eigenvalue weighted by atomic mass is 19.1. The van der Waals surface area contributed by atoms with Crippen molar-refractivity contribution in [2.24, 2.45) is 0 Å². The van der Waals surface area contributed by atoms with Gasteiger partial charge in [0, 0.05) is 19.3 Å². The predicted octanol–water partition coefficient (Wildman–Crippen LogP) is 2.14. The Labute approximate surface area is 110 Å². The van der Waals surface area contributed by atoms with Gasteiger partial charge in [0.25, 0.3) is 0 Å². The van der Waals surface area contributed by atoms with Crippen molar-refractivity contribution in [2.45, 2.75) is 25.8 Å². The highest BCUT2D eigenvalue weighted by molar-refractivity contribution is 5.54. The first kappa shape index (κ1) is 12.2. The molecule has 2 aromatic heterocycles. The van der Waals surface area contributed by atoms with Crippen LogP contribution in [0, 0.1) is 12.7 Å². The number of aryl methyl sites for hydroxylation is 1. The third-order valence-corrected chi connectivity index (χ3v) is 3.45. The molecule has 0 unspecified atom stereocenters. The third-order valence-electron chi connectivity index (χ3n) is 3.45. The summed E-state index contributed by atoms with van der Waals surface area (Å²) in [4.78, 5) is 12.0. The molecule has 0 aliphatic carbocycles. The monoisotopic (exact) mass is 262 g/mol. The average Bonchev–Trinajstić information content (AvgIpc) is 2.82. The molecule has 0 atom stereocenters. The van der Waals surface area contributed by atoms with Crippen molar-refractivity contribution in [1.29, 1.82) is 0 Å². The van der Waals surface area contributed by atoms with Crippen LogP contribution in [0.2, 0.25) is 0 Å². The number of halogens is 1. The normalized spacial score (nSPS) is 16.7. The van der Waals surface area contributed by atoms with Gasteiger partial charge >= 0.3 is 0 Å². The fourth-order valence-electron chi connectivity index (χ4n) is 2.53. The molecule has 0 aromatic carbocycles. The van der Waals surface area contributed by atoms with Crippen LogP contribution in [-0.4, -0.2) is 32.7 Å². The Bertz CT molecular complexity index is 578. The van der Waals surface area contributed by atoms with Crippen molar-refractivity contribution >= 4 is 0 Å². The molecule has 1 aliphatic heterocycles. The Morgan fingerprint density at radius 2 is 2.05 bits per heavy atom. The summed E-state index contributed by atoms with van der Waals surface area (Å²) >= 11 is 0. The van der Waals surface area contributed by atoms with E-state index in [1.165, 1.54) is 12.5 Å². The van der Waals surface area contributed by atoms with Gasteiger partial charge in [0.15, 0.2) is 5.82 Å². The van der Waals surface area contributed by atoms with Crippen LogP contribution in [0.4, 0.5) is 4.39 Å². The maximum atomic E-state index is 13.8. The van der Waals surface area contributed by atoms with Gasteiger partial charge in [-0.1, -0.05) is 0 Å². The van der Waals surface area contributed by atoms with E-state index in [2.05, 4.69) is 19.5 Å². The van der Waals surface area contributed by atoms with Crippen molar-refractivity contribution < 1.29 is 9.13 Å². The first-order chi connectivity index (χ1) is 9.27. The molecule has 3 heterocycles. The van der Waals surface area contributed by atoms with Gasteiger partial charge in [-0.3, -0.25) is 0 Å². The van der Waals surface area contributed by atoms with Crippen LogP contribution in [0.15, 0.2) is 18.7 Å². The second kappa shape index (κ2) is 5.05. The number of ether oxygens (including phenoxy) is 1. The Kier molecular flexibility index (Phi) is 3.25. The molecule has 0 radical (unpaired) electrons. The van der Waals surface area contributed by atoms with E-state index in [4.69, 9.17) is 4.74 Å². The lowest BCUT2D eigenvalue weighted by atomic mass is 10.1. The van der Waals surface area contributed by atoms with Gasteiger partial charge in [0.1, 0.15) is 17.8 Å². The van der Waals surface area contributed by atoms with Gasteiger partial charge in [-0.2, -0.15) is 0 Å². The smallest absolute Gasteiger partial charge is 0.169 e. The molecule has 0 spiro atoms. The molecule has 6 heteroatoms. The first-order valence-electron chi connectivity index (χ1n) is 6.35. The van der Waals surface area contributed by atoms with E-state index in [1.807, 2.05) is 6.92 Å². The second-order valence-electron chi connectivity index (χ2n) is 4.62. The lowest BCUT2D eigenvalue weighted by Crippen LogP contribution is -2.21. The first-order valence-corrected chi connectivity index (χ1v) is 6.35. The van der Waals surface area contributed by atoms with Crippen molar-refractivity contribution in [3.8, 4) is 11.4 Å². The standard InChI is InChI=1S/C13H15FN4O/c1-9-16-7-12(13-11(14)6-15-8-17-13)18(9)10-2-4-19-5-3-10/h6-8,10H,2-5H2,1H3. The zero-order chi connectivity index (χ0) is 13.2. The van der Waals surface area contributed by atoms with E-state index in [9.17, 15) is 4.39 Å². The van der Waals surface area contributed by atoms with E-state index >= 15 is 0 Å². The number of aromatic nitrogens is 4. The Morgan fingerprint density at radius 3 is 2.79 bits per heavy atom. The lowest BCUT2D eigenvalue weighted by Gasteiger charge is -2.26. The van der Waals surface area contributed by atoms with Gasteiger partial charge < -0.3 is 9.30 Å². The Balaban J connectivity index is 2.05. The van der Waals surface area contributed by atoms with Crippen LogP contribution in [0.1, 0.15) is 24.7 Å². The molecule has 1 fully saturated rings. The highest BCUT2D eigenvalue weighted by Gasteiger charge is 2.22. The molecule has 100 valence electrons. The number of hydrogen-bond acceptors (Lipinski definition) is 4. The third kappa shape index (κ3) is 2.23. The van der Waals surface area contributed by atoms with Crippen LogP contribution >= 0.6 is 0 Å². The predicted molar refractivity (Wildman–Crippen MR) is 67.0 cm³/mol. The van der Waals surface area contributed by atoms with E-state index in [0.29, 0.717) is 17.4 Å². The number of rotatable bonds is 2. The van der Waals surface area contributed by atoms with E-state index in [-0.39, 0.29) is 0 Å². The molecule has 0 saturated carbocycles. The van der Waals surface area contributed by atoms with Crippen LogP contribution in [0.5, 0.6) is 0 Å². The largest absolute Gasteiger partial charge is 0.381 e. The van der Waals surface area contributed by atoms with E-state index in [1.54, 1.807) is 6.20 Å². The summed E-state index contributed by atoms with van der Waals surface area (Å²) in [5, 5.41) is 0. The van der Waals surface area contributed by atoms with Crippen LogP contribution in [0.25, 0.3) is 11.4 Å². The summed E-state index contributed by atoms with van der Waals surface area (Å²) in [5.74, 6) is 0.454. The minimum Gasteiger partial charge on any atom is -0.381 e. The summed E-state index contributed by atoms with van der Waals surface area (Å²) in [6, 6.07) is 0.292. The summed E-state index contributed by atoms with van der Waals surface area (Å²) in [5.41, 5.74) is 1.02. The second-order valence-corrected chi connectivity index (χ2v) is 4.62. The Morgan fingerprint density at radius 1 is 1.26 bits per heavy atom. The zero-order valence-corrected chi connectivity index (χ0v) is 10.7. The van der Waals surface area contributed by atoms with Crippen LogP contribution < -0.4 is 0 Å². The molecule has 3 rings (SSSR count). The minimum atomic E-state index is -0.421. The Hall–Kier alpha value is -1.82. The molecule has 0 N–H and O–H groups in total. The SMILES string of the molecule is Cc1ncc(-c2ncncc2F)n1C1CCOCC1. The molecule has 0 bridgehead atoms. The van der Waals surface area contributed by atoms with Gasteiger partial charge in [-0.25, -0.2) is 19.3 Å². The highest BCUT2D eigenvalue weighted by Crippen LogP contribution is 2.29. The maximum Gasteiger partial charge on any atom is 0.169 e. The summed E-state index contributed by atoms with van der Waals surface area (Å²) in [6.07, 6.45) is 6.04. The van der Waals surface area contributed by atoms with Crippen molar-refractivity contribution in [2.75, 3.05) is 13.2 Å². The molecule has 1 aliphatic rings. The van der Waals surface area contributed by atoms with Gasteiger partial charge in [-0.15, -0.1) is 0 Å². The molecule has 19 heavy (non-hydrogen) atoms. The lowest BCUT2D eigenvalue weighted by molar-refractivity contribution is 0.0694. The van der Waals surface area contributed by atoms with E-state index in [0.717, 1.165) is 31.9 Å². The topological polar surface area (TPSA) is 52.8 Å². The van der Waals surface area contributed by atoms with Crippen molar-refractivity contribution in [1.82, 2.24) is 19.5 Å². The van der Waals surface area contributed by atoms with Crippen LogP contribution in [-0.2, 0) is 4.74 Å². The molecular formula is C13H15FN4O. The van der Waals surface area contributed by atoms with Gasteiger partial charge in [0.05, 0.1) is 18.1 Å². The minimum absolute atomic E-state index is 0.292. The fraction of sp³-hybridized carbons (Fsp3) is 0.462. The summed E-state index contributed by atoms with van der Waals surface area (Å²) < 4.78 is 21.3. The zero-order valence-electron chi connectivity index (χ0n) is 10.7. The van der Waals surface area contributed by atoms with Gasteiger partial charge in [-0.05, 0) is 19.8 Å². The molecule has 1 saturated heterocycles. The maximum absolute atomic E-state index is 13.8. The summed E-state index contributed by atoms with van der Waals surface area (Å²) in [6.45, 7) is 3.39. The number of imidazole rings is 1. The number of hydrogen-bond donors (Lipinski definition) is 0. The summed E-state index contributed by atoms with van der Waals surface area (Å²) in [7, 11) is 0. The van der Waals surface area contributed by atoms with Gasteiger partial charge in [0.2, 0.25) is 0 Å². The molecule has 0 amide bonds. The van der Waals surface area contributed by atoms with Crippen LogP contribution in [0.3, 0.4) is 0 Å². The van der Waals surface area contributed by atoms with E-state index < -0.39 is 5.82 Å². The van der Waals surface area contributed by atoms with Crippen molar-refractivity contribution in [3.63, 3.8) is 0 Å². The average molecular weight is 262 g/mol. The molecule has 5 nitrogen and oxygen atoms in total. The van der Waals surface area contributed by atoms with Crippen molar-refractivity contribution in [3.05, 3.63) is 30.4 Å².